The van der Waals surface area contributed by atoms with Crippen LogP contribution in [0, 0.1) is 6.92 Å². The minimum atomic E-state index is 0.588. The molecule has 1 saturated heterocycles. The lowest BCUT2D eigenvalue weighted by molar-refractivity contribution is 0.415. The minimum Gasteiger partial charge on any atom is -0.356 e. The highest BCUT2D eigenvalue weighted by molar-refractivity contribution is 7.16. The van der Waals surface area contributed by atoms with Gasteiger partial charge in [0.15, 0.2) is 0 Å². The number of rotatable bonds is 5. The van der Waals surface area contributed by atoms with Crippen molar-refractivity contribution in [2.75, 3.05) is 24.5 Å². The molecule has 0 saturated carbocycles. The van der Waals surface area contributed by atoms with Gasteiger partial charge in [0.1, 0.15) is 16.5 Å². The van der Waals surface area contributed by atoms with Gasteiger partial charge in [-0.15, -0.1) is 11.3 Å². The SMILES string of the molecule is Cc1nc(N2CCC(NCCc3ccnn3C)CC2)c2ccsc2n1. The highest BCUT2D eigenvalue weighted by atomic mass is 32.1. The third kappa shape index (κ3) is 3.52. The number of nitrogens with one attached hydrogen (secondary N) is 1. The molecule has 6 nitrogen and oxygen atoms in total. The van der Waals surface area contributed by atoms with Gasteiger partial charge in [0.25, 0.3) is 0 Å². The second kappa shape index (κ2) is 7.09. The summed E-state index contributed by atoms with van der Waals surface area (Å²) in [5.74, 6) is 1.97. The number of hydrogen-bond acceptors (Lipinski definition) is 6. The van der Waals surface area contributed by atoms with Crippen LogP contribution in [-0.2, 0) is 13.5 Å². The summed E-state index contributed by atoms with van der Waals surface area (Å²) >= 11 is 1.69. The Balaban J connectivity index is 1.33. The second-order valence-corrected chi connectivity index (χ2v) is 7.54. The monoisotopic (exact) mass is 356 g/mol. The molecule has 0 unspecified atom stereocenters. The molecule has 3 aromatic rings. The first-order valence-electron chi connectivity index (χ1n) is 8.88. The van der Waals surface area contributed by atoms with Crippen LogP contribution in [0.2, 0.25) is 0 Å². The molecular formula is C18H24N6S. The molecule has 0 bridgehead atoms. The predicted octanol–water partition coefficient (Wildman–Crippen LogP) is 2.53. The maximum atomic E-state index is 4.72. The van der Waals surface area contributed by atoms with E-state index in [4.69, 9.17) is 4.98 Å². The fourth-order valence-corrected chi connectivity index (χ4v) is 4.33. The standard InChI is InChI=1S/C18H24N6S/c1-13-21-17(16-7-12-25-18(16)22-13)24-10-5-14(6-11-24)19-8-3-15-4-9-20-23(15)2/h4,7,9,12,14,19H,3,5-6,8,10-11H2,1-2H3. The van der Waals surface area contributed by atoms with Crippen LogP contribution in [-0.4, -0.2) is 45.4 Å². The lowest BCUT2D eigenvalue weighted by Gasteiger charge is -2.33. The first-order chi connectivity index (χ1) is 12.2. The van der Waals surface area contributed by atoms with Crippen molar-refractivity contribution in [3.63, 3.8) is 0 Å². The number of fused-ring (bicyclic) bond motifs is 1. The third-order valence-electron chi connectivity index (χ3n) is 4.95. The smallest absolute Gasteiger partial charge is 0.141 e. The highest BCUT2D eigenvalue weighted by Gasteiger charge is 2.22. The Hall–Kier alpha value is -1.99. The fraction of sp³-hybridized carbons (Fsp3) is 0.500. The molecule has 3 aromatic heterocycles. The summed E-state index contributed by atoms with van der Waals surface area (Å²) in [5, 5.41) is 11.2. The first kappa shape index (κ1) is 16.5. The van der Waals surface area contributed by atoms with Crippen molar-refractivity contribution in [1.82, 2.24) is 25.1 Å². The van der Waals surface area contributed by atoms with Gasteiger partial charge in [-0.2, -0.15) is 5.10 Å². The molecule has 0 aliphatic carbocycles. The molecule has 0 spiro atoms. The van der Waals surface area contributed by atoms with Crippen LogP contribution in [0.15, 0.2) is 23.7 Å². The molecular weight excluding hydrogens is 332 g/mol. The molecule has 25 heavy (non-hydrogen) atoms. The lowest BCUT2D eigenvalue weighted by Crippen LogP contribution is -2.43. The molecule has 0 atom stereocenters. The van der Waals surface area contributed by atoms with Crippen molar-refractivity contribution < 1.29 is 0 Å². The van der Waals surface area contributed by atoms with Crippen molar-refractivity contribution in [1.29, 1.82) is 0 Å². The zero-order chi connectivity index (χ0) is 17.2. The summed E-state index contributed by atoms with van der Waals surface area (Å²) < 4.78 is 1.95. The molecule has 0 aromatic carbocycles. The van der Waals surface area contributed by atoms with Crippen LogP contribution in [0.1, 0.15) is 24.4 Å². The fourth-order valence-electron chi connectivity index (χ4n) is 3.53. The van der Waals surface area contributed by atoms with Gasteiger partial charge in [-0.3, -0.25) is 4.68 Å². The van der Waals surface area contributed by atoms with Crippen LogP contribution in [0.25, 0.3) is 10.2 Å². The quantitative estimate of drug-likeness (QED) is 0.761. The molecule has 4 rings (SSSR count). The Morgan fingerprint density at radius 3 is 2.84 bits per heavy atom. The number of piperidine rings is 1. The van der Waals surface area contributed by atoms with Crippen LogP contribution in [0.5, 0.6) is 0 Å². The zero-order valence-electron chi connectivity index (χ0n) is 14.8. The molecule has 7 heteroatoms. The van der Waals surface area contributed by atoms with Crippen molar-refractivity contribution in [2.45, 2.75) is 32.2 Å². The van der Waals surface area contributed by atoms with Crippen molar-refractivity contribution in [2.24, 2.45) is 7.05 Å². The maximum absolute atomic E-state index is 4.72. The average molecular weight is 356 g/mol. The molecule has 1 aliphatic heterocycles. The topological polar surface area (TPSA) is 58.9 Å². The Morgan fingerprint density at radius 2 is 2.08 bits per heavy atom. The second-order valence-electron chi connectivity index (χ2n) is 6.65. The Morgan fingerprint density at radius 1 is 1.24 bits per heavy atom. The number of hydrogen-bond donors (Lipinski definition) is 1. The van der Waals surface area contributed by atoms with E-state index >= 15 is 0 Å². The van der Waals surface area contributed by atoms with Crippen molar-refractivity contribution in [3.05, 3.63) is 35.2 Å². The van der Waals surface area contributed by atoms with Crippen LogP contribution < -0.4 is 10.2 Å². The van der Waals surface area contributed by atoms with E-state index < -0.39 is 0 Å². The van der Waals surface area contributed by atoms with E-state index in [-0.39, 0.29) is 0 Å². The summed E-state index contributed by atoms with van der Waals surface area (Å²) in [4.78, 5) is 12.8. The van der Waals surface area contributed by atoms with E-state index in [0.29, 0.717) is 6.04 Å². The Labute approximate surface area is 151 Å². The van der Waals surface area contributed by atoms with Gasteiger partial charge in [0.05, 0.1) is 5.39 Å². The van der Waals surface area contributed by atoms with E-state index in [1.807, 2.05) is 24.9 Å². The van der Waals surface area contributed by atoms with E-state index in [1.165, 1.54) is 11.1 Å². The van der Waals surface area contributed by atoms with Crippen LogP contribution in [0.3, 0.4) is 0 Å². The minimum absolute atomic E-state index is 0.588. The van der Waals surface area contributed by atoms with Crippen LogP contribution in [0.4, 0.5) is 5.82 Å². The normalized spacial score (nSPS) is 16.0. The van der Waals surface area contributed by atoms with Gasteiger partial charge in [-0.25, -0.2) is 9.97 Å². The Kier molecular flexibility index (Phi) is 4.67. The van der Waals surface area contributed by atoms with Crippen molar-refractivity contribution >= 4 is 27.4 Å². The van der Waals surface area contributed by atoms with Gasteiger partial charge in [-0.1, -0.05) is 0 Å². The van der Waals surface area contributed by atoms with E-state index in [1.54, 1.807) is 11.3 Å². The van der Waals surface area contributed by atoms with Gasteiger partial charge >= 0.3 is 0 Å². The predicted molar refractivity (Wildman–Crippen MR) is 102 cm³/mol. The molecule has 4 heterocycles. The number of nitrogens with zero attached hydrogens (tertiary/aromatic N) is 5. The van der Waals surface area contributed by atoms with Gasteiger partial charge in [0, 0.05) is 51.0 Å². The number of aryl methyl sites for hydroxylation is 2. The number of anilines is 1. The summed E-state index contributed by atoms with van der Waals surface area (Å²) in [6, 6.07) is 4.83. The third-order valence-corrected chi connectivity index (χ3v) is 5.75. The summed E-state index contributed by atoms with van der Waals surface area (Å²) in [6.07, 6.45) is 5.19. The first-order valence-corrected chi connectivity index (χ1v) is 9.76. The Bertz CT molecular complexity index is 846. The summed E-state index contributed by atoms with van der Waals surface area (Å²) in [5.41, 5.74) is 1.28. The van der Waals surface area contributed by atoms with E-state index in [9.17, 15) is 0 Å². The molecule has 1 fully saturated rings. The highest BCUT2D eigenvalue weighted by Crippen LogP contribution is 2.29. The van der Waals surface area contributed by atoms with Crippen LogP contribution >= 0.6 is 11.3 Å². The molecule has 1 aliphatic rings. The van der Waals surface area contributed by atoms with Crippen molar-refractivity contribution in [3.8, 4) is 0 Å². The summed E-state index contributed by atoms with van der Waals surface area (Å²) in [6.45, 7) is 5.08. The average Bonchev–Trinajstić information content (AvgIpc) is 3.24. The lowest BCUT2D eigenvalue weighted by atomic mass is 10.0. The molecule has 0 amide bonds. The number of aromatic nitrogens is 4. The molecule has 1 N–H and O–H groups in total. The maximum Gasteiger partial charge on any atom is 0.141 e. The number of thiophene rings is 1. The van der Waals surface area contributed by atoms with Gasteiger partial charge < -0.3 is 10.2 Å². The summed E-state index contributed by atoms with van der Waals surface area (Å²) in [7, 11) is 2.00. The molecule has 132 valence electrons. The van der Waals surface area contributed by atoms with E-state index in [0.717, 1.165) is 55.4 Å². The molecule has 0 radical (unpaired) electrons. The van der Waals surface area contributed by atoms with Gasteiger partial charge in [-0.05, 0) is 37.3 Å². The van der Waals surface area contributed by atoms with Gasteiger partial charge in [0.2, 0.25) is 0 Å². The largest absolute Gasteiger partial charge is 0.356 e. The van der Waals surface area contributed by atoms with E-state index in [2.05, 4.69) is 37.8 Å². The zero-order valence-corrected chi connectivity index (χ0v) is 15.6.